The Labute approximate surface area is 162 Å². The molecule has 1 saturated heterocycles. The lowest BCUT2D eigenvalue weighted by Crippen LogP contribution is -2.22. The molecule has 140 valence electrons. The summed E-state index contributed by atoms with van der Waals surface area (Å²) in [6, 6.07) is 12.2. The first-order valence-electron chi connectivity index (χ1n) is 9.39. The van der Waals surface area contributed by atoms with Crippen molar-refractivity contribution in [3.63, 3.8) is 0 Å². The number of benzene rings is 1. The van der Waals surface area contributed by atoms with Gasteiger partial charge in [-0.25, -0.2) is 4.98 Å². The Bertz CT molecular complexity index is 1180. The average Bonchev–Trinajstić information content (AvgIpc) is 3.39. The maximum atomic E-state index is 11.1. The first-order chi connectivity index (χ1) is 13.8. The molecule has 7 nitrogen and oxygen atoms in total. The normalized spacial score (nSPS) is 16.8. The molecule has 4 aromatic rings. The Morgan fingerprint density at radius 3 is 2.93 bits per heavy atom. The molecule has 1 atom stereocenters. The van der Waals surface area contributed by atoms with Gasteiger partial charge in [-0.05, 0) is 18.6 Å². The Morgan fingerprint density at radius 1 is 1.21 bits per heavy atom. The van der Waals surface area contributed by atoms with Gasteiger partial charge < -0.3 is 15.0 Å². The molecule has 28 heavy (non-hydrogen) atoms. The lowest BCUT2D eigenvalue weighted by Gasteiger charge is -2.18. The summed E-state index contributed by atoms with van der Waals surface area (Å²) < 4.78 is 1.81. The van der Waals surface area contributed by atoms with Gasteiger partial charge in [-0.1, -0.05) is 18.2 Å². The third-order valence-corrected chi connectivity index (χ3v) is 5.36. The van der Waals surface area contributed by atoms with Gasteiger partial charge in [-0.3, -0.25) is 4.98 Å². The van der Waals surface area contributed by atoms with Gasteiger partial charge in [0, 0.05) is 54.8 Å². The fourth-order valence-electron chi connectivity index (χ4n) is 3.82. The zero-order chi connectivity index (χ0) is 19.1. The molecule has 7 heteroatoms. The zero-order valence-corrected chi connectivity index (χ0v) is 15.5. The molecule has 1 fully saturated rings. The van der Waals surface area contributed by atoms with Crippen LogP contribution < -0.4 is 10.2 Å². The van der Waals surface area contributed by atoms with Crippen LogP contribution in [0.2, 0.25) is 0 Å². The molecule has 0 saturated carbocycles. The third-order valence-electron chi connectivity index (χ3n) is 5.36. The number of para-hydroxylation sites is 1. The molecule has 5 rings (SSSR count). The van der Waals surface area contributed by atoms with Crippen molar-refractivity contribution >= 4 is 34.5 Å². The third kappa shape index (κ3) is 2.67. The molecule has 1 N–H and O–H groups in total. The quantitative estimate of drug-likeness (QED) is 0.555. The van der Waals surface area contributed by atoms with Crippen LogP contribution in [0.25, 0.3) is 27.7 Å². The van der Waals surface area contributed by atoms with Gasteiger partial charge >= 0.3 is 0 Å². The van der Waals surface area contributed by atoms with Crippen LogP contribution in [-0.4, -0.2) is 46.0 Å². The summed E-state index contributed by atoms with van der Waals surface area (Å²) in [7, 11) is 1.87. The highest BCUT2D eigenvalue weighted by atomic mass is 16.1. The van der Waals surface area contributed by atoms with E-state index in [1.807, 2.05) is 43.7 Å². The van der Waals surface area contributed by atoms with E-state index in [9.17, 15) is 4.79 Å². The van der Waals surface area contributed by atoms with Crippen LogP contribution >= 0.6 is 0 Å². The summed E-state index contributed by atoms with van der Waals surface area (Å²) in [6.07, 6.45) is 5.61. The molecule has 1 aliphatic rings. The fraction of sp³-hybridized carbons (Fsp3) is 0.238. The van der Waals surface area contributed by atoms with Crippen molar-refractivity contribution in [2.24, 2.45) is 5.92 Å². The van der Waals surface area contributed by atoms with Crippen molar-refractivity contribution in [1.29, 1.82) is 0 Å². The molecule has 4 heterocycles. The highest BCUT2D eigenvalue weighted by Gasteiger charge is 2.24. The fourth-order valence-corrected chi connectivity index (χ4v) is 3.82. The minimum atomic E-state index is 0.0742. The van der Waals surface area contributed by atoms with Crippen molar-refractivity contribution < 1.29 is 4.79 Å². The van der Waals surface area contributed by atoms with Crippen LogP contribution in [0.15, 0.2) is 48.8 Å². The van der Waals surface area contributed by atoms with Crippen molar-refractivity contribution in [2.75, 3.05) is 30.4 Å². The number of fused-ring (bicyclic) bond motifs is 2. The summed E-state index contributed by atoms with van der Waals surface area (Å²) in [6.45, 7) is 1.54. The SMILES string of the molecule is CNc1cc(N2CCC(C=O)C2)nc2c(-c3cnc4ccccc4c3)cnn12. The number of hydrogen-bond donors (Lipinski definition) is 1. The maximum Gasteiger partial charge on any atom is 0.167 e. The van der Waals surface area contributed by atoms with Crippen LogP contribution in [0.3, 0.4) is 0 Å². The van der Waals surface area contributed by atoms with E-state index in [1.165, 1.54) is 0 Å². The molecule has 1 unspecified atom stereocenters. The van der Waals surface area contributed by atoms with Crippen LogP contribution in [0.5, 0.6) is 0 Å². The maximum absolute atomic E-state index is 11.1. The summed E-state index contributed by atoms with van der Waals surface area (Å²) in [5.74, 6) is 1.79. The minimum Gasteiger partial charge on any atom is -0.373 e. The zero-order valence-electron chi connectivity index (χ0n) is 15.5. The number of nitrogens with one attached hydrogen (secondary N) is 1. The second kappa shape index (κ2) is 6.60. The summed E-state index contributed by atoms with van der Waals surface area (Å²) in [4.78, 5) is 22.8. The van der Waals surface area contributed by atoms with Gasteiger partial charge in [0.2, 0.25) is 0 Å². The number of rotatable bonds is 4. The number of anilines is 2. The van der Waals surface area contributed by atoms with E-state index in [0.29, 0.717) is 6.54 Å². The topological polar surface area (TPSA) is 75.4 Å². The summed E-state index contributed by atoms with van der Waals surface area (Å²) >= 11 is 0. The van der Waals surface area contributed by atoms with E-state index in [4.69, 9.17) is 4.98 Å². The van der Waals surface area contributed by atoms with E-state index in [2.05, 4.69) is 32.4 Å². The highest BCUT2D eigenvalue weighted by Crippen LogP contribution is 2.30. The smallest absolute Gasteiger partial charge is 0.167 e. The van der Waals surface area contributed by atoms with Gasteiger partial charge in [-0.15, -0.1) is 0 Å². The Balaban J connectivity index is 1.65. The monoisotopic (exact) mass is 372 g/mol. The van der Waals surface area contributed by atoms with E-state index in [0.717, 1.165) is 58.6 Å². The molecule has 0 spiro atoms. The van der Waals surface area contributed by atoms with Crippen LogP contribution in [0.1, 0.15) is 6.42 Å². The number of nitrogens with zero attached hydrogens (tertiary/aromatic N) is 5. The van der Waals surface area contributed by atoms with Crippen molar-refractivity contribution in [1.82, 2.24) is 19.6 Å². The lowest BCUT2D eigenvalue weighted by molar-refractivity contribution is -0.110. The first kappa shape index (κ1) is 16.7. The predicted octanol–water partition coefficient (Wildman–Crippen LogP) is 3.01. The Kier molecular flexibility index (Phi) is 3.93. The van der Waals surface area contributed by atoms with Gasteiger partial charge in [0.05, 0.1) is 11.7 Å². The standard InChI is InChI=1S/C21H20N6O/c1-22-19-9-20(26-7-6-14(12-26)13-28)25-21-17(11-24-27(19)21)16-8-15-4-2-3-5-18(15)23-10-16/h2-5,8-11,13-14,22H,6-7,12H2,1H3. The van der Waals surface area contributed by atoms with Crippen LogP contribution in [-0.2, 0) is 4.79 Å². The van der Waals surface area contributed by atoms with Gasteiger partial charge in [0.1, 0.15) is 17.9 Å². The Morgan fingerprint density at radius 2 is 2.11 bits per heavy atom. The van der Waals surface area contributed by atoms with E-state index < -0.39 is 0 Å². The molecular weight excluding hydrogens is 352 g/mol. The second-order valence-corrected chi connectivity index (χ2v) is 7.09. The Hall–Kier alpha value is -3.48. The highest BCUT2D eigenvalue weighted by molar-refractivity contribution is 5.87. The van der Waals surface area contributed by atoms with Gasteiger partial charge in [-0.2, -0.15) is 9.61 Å². The molecule has 1 aliphatic heterocycles. The van der Waals surface area contributed by atoms with E-state index in [1.54, 1.807) is 4.52 Å². The summed E-state index contributed by atoms with van der Waals surface area (Å²) in [5.41, 5.74) is 3.65. The average molecular weight is 372 g/mol. The number of pyridine rings is 1. The minimum absolute atomic E-state index is 0.0742. The van der Waals surface area contributed by atoms with Crippen molar-refractivity contribution in [3.05, 3.63) is 48.8 Å². The number of aromatic nitrogens is 4. The second-order valence-electron chi connectivity index (χ2n) is 7.09. The largest absolute Gasteiger partial charge is 0.373 e. The molecule has 0 radical (unpaired) electrons. The molecule has 0 bridgehead atoms. The molecule has 3 aromatic heterocycles. The number of carbonyl (C=O) groups excluding carboxylic acids is 1. The first-order valence-corrected chi connectivity index (χ1v) is 9.39. The van der Waals surface area contributed by atoms with Gasteiger partial charge in [0.25, 0.3) is 0 Å². The molecule has 0 amide bonds. The molecule has 1 aromatic carbocycles. The molecule has 0 aliphatic carbocycles. The van der Waals surface area contributed by atoms with Crippen LogP contribution in [0, 0.1) is 5.92 Å². The van der Waals surface area contributed by atoms with Crippen molar-refractivity contribution in [2.45, 2.75) is 6.42 Å². The van der Waals surface area contributed by atoms with Crippen LogP contribution in [0.4, 0.5) is 11.6 Å². The number of carbonyl (C=O) groups is 1. The molecular formula is C21H20N6O. The van der Waals surface area contributed by atoms with E-state index >= 15 is 0 Å². The number of hydrogen-bond acceptors (Lipinski definition) is 6. The van der Waals surface area contributed by atoms with Crippen molar-refractivity contribution in [3.8, 4) is 11.1 Å². The van der Waals surface area contributed by atoms with Gasteiger partial charge in [0.15, 0.2) is 5.65 Å². The number of aldehydes is 1. The summed E-state index contributed by atoms with van der Waals surface area (Å²) in [5, 5.41) is 8.82. The predicted molar refractivity (Wildman–Crippen MR) is 110 cm³/mol. The lowest BCUT2D eigenvalue weighted by atomic mass is 10.1. The van der Waals surface area contributed by atoms with E-state index in [-0.39, 0.29) is 5.92 Å².